The van der Waals surface area contributed by atoms with Gasteiger partial charge in [0.2, 0.25) is 5.95 Å². The van der Waals surface area contributed by atoms with E-state index in [0.29, 0.717) is 28.0 Å². The van der Waals surface area contributed by atoms with Crippen molar-refractivity contribution in [3.8, 4) is 0 Å². The van der Waals surface area contributed by atoms with E-state index in [9.17, 15) is 4.79 Å². The zero-order valence-electron chi connectivity index (χ0n) is 9.55. The molecule has 94 valence electrons. The van der Waals surface area contributed by atoms with Gasteiger partial charge in [-0.1, -0.05) is 5.10 Å². The van der Waals surface area contributed by atoms with Gasteiger partial charge in [-0.2, -0.15) is 0 Å². The van der Waals surface area contributed by atoms with Crippen molar-refractivity contribution in [2.24, 2.45) is 0 Å². The molecule has 18 heavy (non-hydrogen) atoms. The molecular weight excluding hydrogens is 302 g/mol. The quantitative estimate of drug-likeness (QED) is 0.936. The highest BCUT2D eigenvalue weighted by Crippen LogP contribution is 2.35. The van der Waals surface area contributed by atoms with Crippen LogP contribution in [0.5, 0.6) is 0 Å². The molecule has 0 aromatic carbocycles. The molecule has 1 saturated carbocycles. The number of nitrogens with zero attached hydrogens (tertiary/aromatic N) is 4. The highest BCUT2D eigenvalue weighted by atomic mass is 79.9. The summed E-state index contributed by atoms with van der Waals surface area (Å²) in [6.07, 6.45) is 2.09. The lowest BCUT2D eigenvalue weighted by Gasteiger charge is -2.03. The number of hydrogen-bond donors (Lipinski definition) is 1. The third-order valence-electron chi connectivity index (χ3n) is 2.74. The Labute approximate surface area is 111 Å². The lowest BCUT2D eigenvalue weighted by Crippen LogP contribution is -2.16. The minimum Gasteiger partial charge on any atom is -0.454 e. The molecule has 0 aliphatic heterocycles. The Hall–Kier alpha value is -1.70. The Balaban J connectivity index is 1.81. The fraction of sp³-hybridized carbons (Fsp3) is 0.400. The largest absolute Gasteiger partial charge is 0.454 e. The lowest BCUT2D eigenvalue weighted by atomic mass is 10.2. The van der Waals surface area contributed by atoms with Gasteiger partial charge in [-0.3, -0.25) is 10.1 Å². The number of anilines is 1. The molecule has 1 amide bonds. The van der Waals surface area contributed by atoms with Crippen LogP contribution in [0.4, 0.5) is 5.95 Å². The van der Waals surface area contributed by atoms with Crippen molar-refractivity contribution < 1.29 is 9.21 Å². The zero-order chi connectivity index (χ0) is 12.7. The minimum absolute atomic E-state index is 0.279. The van der Waals surface area contributed by atoms with Crippen molar-refractivity contribution in [2.75, 3.05) is 5.32 Å². The van der Waals surface area contributed by atoms with Crippen molar-refractivity contribution in [2.45, 2.75) is 25.8 Å². The molecule has 0 atom stereocenters. The van der Waals surface area contributed by atoms with Crippen LogP contribution in [0, 0.1) is 6.92 Å². The number of halogens is 1. The van der Waals surface area contributed by atoms with Crippen molar-refractivity contribution in [1.29, 1.82) is 0 Å². The molecule has 2 aromatic heterocycles. The van der Waals surface area contributed by atoms with Crippen molar-refractivity contribution in [1.82, 2.24) is 20.2 Å². The van der Waals surface area contributed by atoms with Crippen molar-refractivity contribution >= 4 is 27.8 Å². The van der Waals surface area contributed by atoms with Crippen molar-refractivity contribution in [3.63, 3.8) is 0 Å². The van der Waals surface area contributed by atoms with Crippen LogP contribution in [0.2, 0.25) is 0 Å². The number of aryl methyl sites for hydroxylation is 1. The third-order valence-corrected chi connectivity index (χ3v) is 3.13. The standard InChI is InChI=1S/C10H10BrN5O2/c1-5-7(4-8(11)18-5)9(17)12-10-13-14-15-16(10)6-2-3-6/h4,6H,2-3H2,1H3,(H,12,13,15,17). The maximum absolute atomic E-state index is 12.0. The summed E-state index contributed by atoms with van der Waals surface area (Å²) in [5, 5.41) is 13.9. The molecule has 2 heterocycles. The number of hydrogen-bond acceptors (Lipinski definition) is 5. The molecule has 3 rings (SSSR count). The lowest BCUT2D eigenvalue weighted by molar-refractivity contribution is 0.102. The molecule has 8 heteroatoms. The van der Waals surface area contributed by atoms with Gasteiger partial charge >= 0.3 is 0 Å². The summed E-state index contributed by atoms with van der Waals surface area (Å²) in [7, 11) is 0. The van der Waals surface area contributed by atoms with E-state index in [-0.39, 0.29) is 5.91 Å². The van der Waals surface area contributed by atoms with Gasteiger partial charge in [0.05, 0.1) is 11.6 Å². The predicted octanol–water partition coefficient (Wildman–Crippen LogP) is 1.92. The molecular formula is C10H10BrN5O2. The second-order valence-corrected chi connectivity index (χ2v) is 4.93. The van der Waals surface area contributed by atoms with E-state index in [2.05, 4.69) is 36.8 Å². The highest BCUT2D eigenvalue weighted by molar-refractivity contribution is 9.10. The number of rotatable bonds is 3. The maximum Gasteiger partial charge on any atom is 0.261 e. The molecule has 0 saturated heterocycles. The fourth-order valence-corrected chi connectivity index (χ4v) is 2.15. The SMILES string of the molecule is Cc1oc(Br)cc1C(=O)Nc1nnnn1C1CC1. The van der Waals surface area contributed by atoms with E-state index in [1.165, 1.54) is 0 Å². The number of tetrazole rings is 1. The average molecular weight is 312 g/mol. The Kier molecular flexibility index (Phi) is 2.66. The second-order valence-electron chi connectivity index (χ2n) is 4.15. The molecule has 1 aliphatic carbocycles. The normalized spacial score (nSPS) is 14.8. The van der Waals surface area contributed by atoms with Gasteiger partial charge in [0.25, 0.3) is 5.91 Å². The van der Waals surface area contributed by atoms with Crippen LogP contribution in [0.1, 0.15) is 35.0 Å². The van der Waals surface area contributed by atoms with Gasteiger partial charge in [-0.25, -0.2) is 4.68 Å². The fourth-order valence-electron chi connectivity index (χ4n) is 1.68. The van der Waals surface area contributed by atoms with Gasteiger partial charge in [-0.15, -0.1) is 0 Å². The number of amides is 1. The summed E-state index contributed by atoms with van der Waals surface area (Å²) in [5.41, 5.74) is 0.465. The summed E-state index contributed by atoms with van der Waals surface area (Å²) >= 11 is 3.18. The number of furan rings is 1. The maximum atomic E-state index is 12.0. The first-order valence-electron chi connectivity index (χ1n) is 5.50. The summed E-state index contributed by atoms with van der Waals surface area (Å²) in [6, 6.07) is 1.93. The van der Waals surface area contributed by atoms with Gasteiger partial charge in [-0.05, 0) is 46.1 Å². The van der Waals surface area contributed by atoms with E-state index in [4.69, 9.17) is 4.42 Å². The molecule has 0 radical (unpaired) electrons. The predicted molar refractivity (Wildman–Crippen MR) is 65.2 cm³/mol. The topological polar surface area (TPSA) is 85.8 Å². The first-order chi connectivity index (χ1) is 8.65. The van der Waals surface area contributed by atoms with Gasteiger partial charge in [0, 0.05) is 6.07 Å². The van der Waals surface area contributed by atoms with Crippen LogP contribution in [-0.2, 0) is 0 Å². The van der Waals surface area contributed by atoms with Crippen LogP contribution in [-0.4, -0.2) is 26.1 Å². The van der Waals surface area contributed by atoms with Gasteiger partial charge in [0.15, 0.2) is 4.67 Å². The Bertz CT molecular complexity index is 601. The van der Waals surface area contributed by atoms with Gasteiger partial charge < -0.3 is 4.42 Å². The van der Waals surface area contributed by atoms with E-state index < -0.39 is 0 Å². The first kappa shape index (κ1) is 11.4. The number of aromatic nitrogens is 4. The van der Waals surface area contributed by atoms with Crippen LogP contribution in [0.3, 0.4) is 0 Å². The molecule has 0 bridgehead atoms. The molecule has 0 unspecified atom stereocenters. The molecule has 1 fully saturated rings. The van der Waals surface area contributed by atoms with Crippen molar-refractivity contribution in [3.05, 3.63) is 22.1 Å². The minimum atomic E-state index is -0.279. The van der Waals surface area contributed by atoms with E-state index in [1.807, 2.05) is 0 Å². The monoisotopic (exact) mass is 311 g/mol. The second kappa shape index (κ2) is 4.20. The van der Waals surface area contributed by atoms with E-state index >= 15 is 0 Å². The Morgan fingerprint density at radius 3 is 3.00 bits per heavy atom. The number of carbonyl (C=O) groups is 1. The summed E-state index contributed by atoms with van der Waals surface area (Å²) in [4.78, 5) is 12.0. The average Bonchev–Trinajstić information content (AvgIpc) is 2.97. The molecule has 2 aromatic rings. The number of carbonyl (C=O) groups excluding carboxylic acids is 1. The summed E-state index contributed by atoms with van der Waals surface area (Å²) < 4.78 is 7.40. The number of nitrogens with one attached hydrogen (secondary N) is 1. The zero-order valence-corrected chi connectivity index (χ0v) is 11.1. The molecule has 1 N–H and O–H groups in total. The molecule has 0 spiro atoms. The molecule has 1 aliphatic rings. The highest BCUT2D eigenvalue weighted by Gasteiger charge is 2.28. The Morgan fingerprint density at radius 2 is 2.39 bits per heavy atom. The summed E-state index contributed by atoms with van der Waals surface area (Å²) in [5.74, 6) is 0.641. The summed E-state index contributed by atoms with van der Waals surface area (Å²) in [6.45, 7) is 1.73. The molecule has 7 nitrogen and oxygen atoms in total. The van der Waals surface area contributed by atoms with E-state index in [0.717, 1.165) is 12.8 Å². The van der Waals surface area contributed by atoms with Crippen LogP contribution in [0.25, 0.3) is 0 Å². The smallest absolute Gasteiger partial charge is 0.261 e. The van der Waals surface area contributed by atoms with Crippen LogP contribution in [0.15, 0.2) is 15.2 Å². The van der Waals surface area contributed by atoms with Crippen LogP contribution >= 0.6 is 15.9 Å². The third kappa shape index (κ3) is 2.03. The first-order valence-corrected chi connectivity index (χ1v) is 6.29. The van der Waals surface area contributed by atoms with E-state index in [1.54, 1.807) is 17.7 Å². The van der Waals surface area contributed by atoms with Crippen LogP contribution < -0.4 is 5.32 Å². The van der Waals surface area contributed by atoms with Gasteiger partial charge in [0.1, 0.15) is 5.76 Å². The Morgan fingerprint density at radius 1 is 1.61 bits per heavy atom.